The van der Waals surface area contributed by atoms with E-state index in [1.165, 1.54) is 0 Å². The number of carbonyl (C=O) groups is 3. The molecule has 140 valence electrons. The summed E-state index contributed by atoms with van der Waals surface area (Å²) < 4.78 is 5.09. The van der Waals surface area contributed by atoms with Gasteiger partial charge in [0.25, 0.3) is 0 Å². The lowest BCUT2D eigenvalue weighted by molar-refractivity contribution is -0.152. The largest absolute Gasteiger partial charge is 0.466 e. The summed E-state index contributed by atoms with van der Waals surface area (Å²) in [5.41, 5.74) is 0.637. The second kappa shape index (κ2) is 8.08. The first-order chi connectivity index (χ1) is 12.5. The van der Waals surface area contributed by atoms with Crippen LogP contribution in [-0.2, 0) is 19.1 Å². The highest BCUT2D eigenvalue weighted by atomic mass is 35.5. The highest BCUT2D eigenvalue weighted by molar-refractivity contribution is 6.33. The molecule has 0 aliphatic carbocycles. The van der Waals surface area contributed by atoms with Gasteiger partial charge in [0.15, 0.2) is 0 Å². The first-order valence-electron chi connectivity index (χ1n) is 9.01. The van der Waals surface area contributed by atoms with Crippen molar-refractivity contribution in [2.75, 3.05) is 31.1 Å². The first-order valence-corrected chi connectivity index (χ1v) is 9.39. The molecule has 1 aromatic rings. The van der Waals surface area contributed by atoms with Gasteiger partial charge in [-0.3, -0.25) is 14.4 Å². The second-order valence-electron chi connectivity index (χ2n) is 6.73. The number of benzene rings is 1. The summed E-state index contributed by atoms with van der Waals surface area (Å²) in [6, 6.07) is 7.13. The third-order valence-electron chi connectivity index (χ3n) is 4.97. The van der Waals surface area contributed by atoms with Crippen LogP contribution in [0, 0.1) is 11.8 Å². The number of ether oxygens (including phenoxy) is 1. The molecule has 2 aliphatic heterocycles. The fourth-order valence-electron chi connectivity index (χ4n) is 3.66. The van der Waals surface area contributed by atoms with Crippen molar-refractivity contribution in [2.45, 2.75) is 26.2 Å². The normalized spacial score (nSPS) is 23.2. The predicted molar refractivity (Wildman–Crippen MR) is 97.8 cm³/mol. The molecule has 2 heterocycles. The molecule has 7 heteroatoms. The van der Waals surface area contributed by atoms with Gasteiger partial charge in [0.05, 0.1) is 29.2 Å². The number of rotatable bonds is 4. The Morgan fingerprint density at radius 1 is 1.23 bits per heavy atom. The van der Waals surface area contributed by atoms with E-state index in [9.17, 15) is 14.4 Å². The molecule has 26 heavy (non-hydrogen) atoms. The van der Waals surface area contributed by atoms with Crippen LogP contribution in [0.25, 0.3) is 0 Å². The SMILES string of the molecule is CCOC(=O)[C@@H]1CCCN(C(=O)[C@H]2CC(=O)N(c3ccccc3Cl)C2)C1. The molecule has 0 aromatic heterocycles. The van der Waals surface area contributed by atoms with Crippen LogP contribution in [0.1, 0.15) is 26.2 Å². The lowest BCUT2D eigenvalue weighted by atomic mass is 9.96. The Morgan fingerprint density at radius 3 is 2.73 bits per heavy atom. The number of anilines is 1. The van der Waals surface area contributed by atoms with E-state index in [1.807, 2.05) is 6.07 Å². The van der Waals surface area contributed by atoms with Crippen LogP contribution in [0.15, 0.2) is 24.3 Å². The molecule has 2 atom stereocenters. The predicted octanol–water partition coefficient (Wildman–Crippen LogP) is 2.49. The molecular weight excluding hydrogens is 356 g/mol. The summed E-state index contributed by atoms with van der Waals surface area (Å²) in [7, 11) is 0. The van der Waals surface area contributed by atoms with Crippen LogP contribution in [0.5, 0.6) is 0 Å². The Labute approximate surface area is 158 Å². The number of halogens is 1. The van der Waals surface area contributed by atoms with Gasteiger partial charge in [-0.15, -0.1) is 0 Å². The summed E-state index contributed by atoms with van der Waals surface area (Å²) in [6.07, 6.45) is 1.67. The van der Waals surface area contributed by atoms with Gasteiger partial charge in [0.2, 0.25) is 11.8 Å². The molecular formula is C19H23ClN2O4. The molecule has 0 spiro atoms. The Balaban J connectivity index is 1.66. The van der Waals surface area contributed by atoms with Crippen molar-refractivity contribution >= 4 is 35.1 Å². The second-order valence-corrected chi connectivity index (χ2v) is 7.14. The maximum absolute atomic E-state index is 12.9. The van der Waals surface area contributed by atoms with Crippen LogP contribution < -0.4 is 4.90 Å². The van der Waals surface area contributed by atoms with Crippen molar-refractivity contribution < 1.29 is 19.1 Å². The molecule has 0 unspecified atom stereocenters. The van der Waals surface area contributed by atoms with Crippen molar-refractivity contribution in [3.63, 3.8) is 0 Å². The fourth-order valence-corrected chi connectivity index (χ4v) is 3.90. The Kier molecular flexibility index (Phi) is 5.81. The molecule has 1 aromatic carbocycles. The minimum atomic E-state index is -0.403. The lowest BCUT2D eigenvalue weighted by Gasteiger charge is -2.33. The van der Waals surface area contributed by atoms with Gasteiger partial charge in [-0.2, -0.15) is 0 Å². The number of carbonyl (C=O) groups excluding carboxylic acids is 3. The summed E-state index contributed by atoms with van der Waals surface area (Å²) in [5, 5.41) is 0.495. The molecule has 0 bridgehead atoms. The van der Waals surface area contributed by atoms with Gasteiger partial charge in [-0.05, 0) is 31.9 Å². The van der Waals surface area contributed by atoms with Crippen molar-refractivity contribution in [3.8, 4) is 0 Å². The highest BCUT2D eigenvalue weighted by Gasteiger charge is 2.39. The van der Waals surface area contributed by atoms with E-state index in [1.54, 1.807) is 34.9 Å². The summed E-state index contributed by atoms with van der Waals surface area (Å²) >= 11 is 6.19. The molecule has 6 nitrogen and oxygen atoms in total. The molecule has 0 radical (unpaired) electrons. The van der Waals surface area contributed by atoms with Gasteiger partial charge >= 0.3 is 5.97 Å². The fraction of sp³-hybridized carbons (Fsp3) is 0.526. The van der Waals surface area contributed by atoms with Crippen LogP contribution in [-0.4, -0.2) is 48.9 Å². The molecule has 3 rings (SSSR count). The van der Waals surface area contributed by atoms with Crippen molar-refractivity contribution in [1.29, 1.82) is 0 Å². The monoisotopic (exact) mass is 378 g/mol. The maximum Gasteiger partial charge on any atom is 0.310 e. The molecule has 2 saturated heterocycles. The number of likely N-dealkylation sites (tertiary alicyclic amines) is 1. The minimum absolute atomic E-state index is 0.0677. The molecule has 0 N–H and O–H groups in total. The Morgan fingerprint density at radius 2 is 2.00 bits per heavy atom. The standard InChI is InChI=1S/C19H23ClN2O4/c1-2-26-19(25)13-6-5-9-21(11-13)18(24)14-10-17(23)22(12-14)16-8-4-3-7-15(16)20/h3-4,7-8,13-14H,2,5-6,9-12H2,1H3/t13-,14+/m1/s1. The zero-order chi connectivity index (χ0) is 18.7. The van der Waals surface area contributed by atoms with E-state index < -0.39 is 5.92 Å². The number of hydrogen-bond acceptors (Lipinski definition) is 4. The van der Waals surface area contributed by atoms with E-state index in [0.29, 0.717) is 37.0 Å². The molecule has 2 amide bonds. The van der Waals surface area contributed by atoms with Crippen molar-refractivity contribution in [2.24, 2.45) is 11.8 Å². The lowest BCUT2D eigenvalue weighted by Crippen LogP contribution is -2.45. The Hall–Kier alpha value is -2.08. The van der Waals surface area contributed by atoms with E-state index in [-0.39, 0.29) is 30.1 Å². The zero-order valence-corrected chi connectivity index (χ0v) is 15.6. The van der Waals surface area contributed by atoms with Gasteiger partial charge in [0, 0.05) is 26.1 Å². The smallest absolute Gasteiger partial charge is 0.310 e. The van der Waals surface area contributed by atoms with Gasteiger partial charge in [0.1, 0.15) is 0 Å². The number of nitrogens with zero attached hydrogens (tertiary/aromatic N) is 2. The van der Waals surface area contributed by atoms with Gasteiger partial charge < -0.3 is 14.5 Å². The van der Waals surface area contributed by atoms with E-state index >= 15 is 0 Å². The van der Waals surface area contributed by atoms with Gasteiger partial charge in [-0.25, -0.2) is 0 Å². The average molecular weight is 379 g/mol. The number of piperidine rings is 1. The quantitative estimate of drug-likeness (QED) is 0.755. The third kappa shape index (κ3) is 3.85. The van der Waals surface area contributed by atoms with E-state index in [0.717, 1.165) is 12.8 Å². The highest BCUT2D eigenvalue weighted by Crippen LogP contribution is 2.32. The number of para-hydroxylation sites is 1. The summed E-state index contributed by atoms with van der Waals surface area (Å²) in [4.78, 5) is 40.6. The van der Waals surface area contributed by atoms with E-state index in [2.05, 4.69) is 0 Å². The molecule has 2 fully saturated rings. The number of amides is 2. The zero-order valence-electron chi connectivity index (χ0n) is 14.8. The van der Waals surface area contributed by atoms with Crippen LogP contribution in [0.2, 0.25) is 5.02 Å². The number of esters is 1. The molecule has 0 saturated carbocycles. The topological polar surface area (TPSA) is 66.9 Å². The minimum Gasteiger partial charge on any atom is -0.466 e. The van der Waals surface area contributed by atoms with E-state index in [4.69, 9.17) is 16.3 Å². The number of hydrogen-bond donors (Lipinski definition) is 0. The van der Waals surface area contributed by atoms with Crippen molar-refractivity contribution in [1.82, 2.24) is 4.90 Å². The summed E-state index contributed by atoms with van der Waals surface area (Å²) in [6.45, 7) is 3.42. The Bertz CT molecular complexity index is 709. The summed E-state index contributed by atoms with van der Waals surface area (Å²) in [5.74, 6) is -1.09. The maximum atomic E-state index is 12.9. The van der Waals surface area contributed by atoms with Crippen molar-refractivity contribution in [3.05, 3.63) is 29.3 Å². The first kappa shape index (κ1) is 18.7. The van der Waals surface area contributed by atoms with Crippen LogP contribution >= 0.6 is 11.6 Å². The van der Waals surface area contributed by atoms with Gasteiger partial charge in [-0.1, -0.05) is 23.7 Å². The van der Waals surface area contributed by atoms with Crippen LogP contribution in [0.3, 0.4) is 0 Å². The van der Waals surface area contributed by atoms with Crippen LogP contribution in [0.4, 0.5) is 5.69 Å². The third-order valence-corrected chi connectivity index (χ3v) is 5.29. The molecule has 2 aliphatic rings. The average Bonchev–Trinajstić information content (AvgIpc) is 3.03.